The summed E-state index contributed by atoms with van der Waals surface area (Å²) in [5.41, 5.74) is 0. The van der Waals surface area contributed by atoms with E-state index in [9.17, 15) is 4.79 Å². The van der Waals surface area contributed by atoms with Gasteiger partial charge in [0.1, 0.15) is 12.8 Å². The number of rotatable bonds is 7. The second-order valence-electron chi connectivity index (χ2n) is 2.21. The lowest BCUT2D eigenvalue weighted by Crippen LogP contribution is -2.49. The van der Waals surface area contributed by atoms with Gasteiger partial charge in [-0.05, 0) is 6.08 Å². The van der Waals surface area contributed by atoms with Crippen molar-refractivity contribution in [3.63, 3.8) is 0 Å². The fraction of sp³-hybridized carbons (Fsp3) is 0.571. The summed E-state index contributed by atoms with van der Waals surface area (Å²) < 4.78 is 14.8. The van der Waals surface area contributed by atoms with Gasteiger partial charge in [0.2, 0.25) is 0 Å². The maximum absolute atomic E-state index is 10.8. The third-order valence-corrected chi connectivity index (χ3v) is 3.69. The Labute approximate surface area is 78.3 Å². The molecule has 0 saturated carbocycles. The zero-order valence-corrected chi connectivity index (χ0v) is 8.78. The fourth-order valence-electron chi connectivity index (χ4n) is 0.616. The SMILES string of the molecule is C=CC(=O)CO[Si](CO)(OC)OC. The van der Waals surface area contributed by atoms with Crippen molar-refractivity contribution in [3.05, 3.63) is 12.7 Å². The molecular formula is C7H14O5Si. The highest BCUT2D eigenvalue weighted by atomic mass is 28.4. The number of hydrogen-bond donors (Lipinski definition) is 1. The van der Waals surface area contributed by atoms with Crippen LogP contribution in [0.25, 0.3) is 0 Å². The van der Waals surface area contributed by atoms with Crippen LogP contribution < -0.4 is 0 Å². The highest BCUT2D eigenvalue weighted by Crippen LogP contribution is 2.05. The van der Waals surface area contributed by atoms with Gasteiger partial charge in [-0.3, -0.25) is 4.79 Å². The second-order valence-corrected chi connectivity index (χ2v) is 5.00. The Bertz CT molecular complexity index is 169. The molecule has 5 nitrogen and oxygen atoms in total. The van der Waals surface area contributed by atoms with Crippen molar-refractivity contribution in [1.29, 1.82) is 0 Å². The van der Waals surface area contributed by atoms with Gasteiger partial charge in [-0.2, -0.15) is 0 Å². The normalized spacial score (nSPS) is 11.3. The van der Waals surface area contributed by atoms with Gasteiger partial charge in [0, 0.05) is 14.2 Å². The third-order valence-electron chi connectivity index (χ3n) is 1.48. The maximum Gasteiger partial charge on any atom is 0.527 e. The average Bonchev–Trinajstić information content (AvgIpc) is 2.20. The minimum atomic E-state index is -3.01. The molecule has 0 saturated heterocycles. The van der Waals surface area contributed by atoms with Gasteiger partial charge in [0.25, 0.3) is 0 Å². The van der Waals surface area contributed by atoms with Crippen molar-refractivity contribution in [2.45, 2.75) is 0 Å². The third kappa shape index (κ3) is 3.79. The van der Waals surface area contributed by atoms with Gasteiger partial charge in [-0.15, -0.1) is 0 Å². The molecule has 0 aromatic carbocycles. The first-order chi connectivity index (χ1) is 6.14. The minimum Gasteiger partial charge on any atom is -0.392 e. The molecule has 0 aromatic heterocycles. The first kappa shape index (κ1) is 12.5. The molecule has 0 aliphatic carbocycles. The van der Waals surface area contributed by atoms with Crippen LogP contribution in [0.1, 0.15) is 0 Å². The van der Waals surface area contributed by atoms with E-state index in [1.807, 2.05) is 0 Å². The number of hydrogen-bond acceptors (Lipinski definition) is 5. The molecule has 6 heteroatoms. The highest BCUT2D eigenvalue weighted by molar-refractivity contribution is 6.60. The number of carbonyl (C=O) groups excluding carboxylic acids is 1. The summed E-state index contributed by atoms with van der Waals surface area (Å²) in [7, 11) is -0.279. The fourth-order valence-corrected chi connectivity index (χ4v) is 1.73. The van der Waals surface area contributed by atoms with E-state index in [1.54, 1.807) is 0 Å². The van der Waals surface area contributed by atoms with E-state index in [4.69, 9.17) is 18.4 Å². The molecule has 0 bridgehead atoms. The Morgan fingerprint density at radius 3 is 2.38 bits per heavy atom. The monoisotopic (exact) mass is 206 g/mol. The number of aliphatic hydroxyl groups is 1. The van der Waals surface area contributed by atoms with Crippen molar-refractivity contribution >= 4 is 14.6 Å². The van der Waals surface area contributed by atoms with E-state index in [0.29, 0.717) is 0 Å². The molecular weight excluding hydrogens is 192 g/mol. The molecule has 0 aliphatic rings. The molecule has 13 heavy (non-hydrogen) atoms. The molecule has 0 atom stereocenters. The quantitative estimate of drug-likeness (QED) is 0.450. The molecule has 0 fully saturated rings. The van der Waals surface area contributed by atoms with E-state index < -0.39 is 8.80 Å². The van der Waals surface area contributed by atoms with Crippen LogP contribution in [0, 0.1) is 0 Å². The molecule has 0 amide bonds. The lowest BCUT2D eigenvalue weighted by Gasteiger charge is -2.23. The summed E-state index contributed by atoms with van der Waals surface area (Å²) in [5, 5.41) is 8.91. The Hall–Kier alpha value is -0.533. The first-order valence-electron chi connectivity index (χ1n) is 3.64. The molecule has 1 N–H and O–H groups in total. The molecule has 0 radical (unpaired) electrons. The molecule has 0 spiro atoms. The van der Waals surface area contributed by atoms with Gasteiger partial charge >= 0.3 is 8.80 Å². The molecule has 0 unspecified atom stereocenters. The van der Waals surface area contributed by atoms with Crippen molar-refractivity contribution in [3.8, 4) is 0 Å². The Morgan fingerprint density at radius 1 is 1.54 bits per heavy atom. The van der Waals surface area contributed by atoms with E-state index in [2.05, 4.69) is 6.58 Å². The molecule has 0 rings (SSSR count). The average molecular weight is 206 g/mol. The summed E-state index contributed by atoms with van der Waals surface area (Å²) >= 11 is 0. The number of carbonyl (C=O) groups is 1. The van der Waals surface area contributed by atoms with Crippen LogP contribution >= 0.6 is 0 Å². The van der Waals surface area contributed by atoms with Crippen LogP contribution in [0.5, 0.6) is 0 Å². The highest BCUT2D eigenvalue weighted by Gasteiger charge is 2.38. The second kappa shape index (κ2) is 6.00. The zero-order valence-electron chi connectivity index (χ0n) is 7.78. The summed E-state index contributed by atoms with van der Waals surface area (Å²) in [6.07, 6.45) is 0.784. The minimum absolute atomic E-state index is 0.183. The Morgan fingerprint density at radius 2 is 2.08 bits per heavy atom. The number of aliphatic hydroxyl groups excluding tert-OH is 1. The van der Waals surface area contributed by atoms with Gasteiger partial charge in [-0.1, -0.05) is 6.58 Å². The summed E-state index contributed by atoms with van der Waals surface area (Å²) in [6, 6.07) is 0. The zero-order chi connectivity index (χ0) is 10.3. The van der Waals surface area contributed by atoms with Gasteiger partial charge in [-0.25, -0.2) is 0 Å². The van der Waals surface area contributed by atoms with Crippen LogP contribution in [0.2, 0.25) is 0 Å². The summed E-state index contributed by atoms with van der Waals surface area (Å²) in [6.45, 7) is 3.10. The van der Waals surface area contributed by atoms with Crippen LogP contribution in [0.15, 0.2) is 12.7 Å². The van der Waals surface area contributed by atoms with E-state index in [1.165, 1.54) is 14.2 Å². The van der Waals surface area contributed by atoms with E-state index >= 15 is 0 Å². The van der Waals surface area contributed by atoms with Crippen LogP contribution in [-0.4, -0.2) is 46.8 Å². The number of ketones is 1. The van der Waals surface area contributed by atoms with Crippen molar-refractivity contribution in [1.82, 2.24) is 0 Å². The van der Waals surface area contributed by atoms with Crippen molar-refractivity contribution in [2.75, 3.05) is 27.1 Å². The van der Waals surface area contributed by atoms with Gasteiger partial charge < -0.3 is 18.4 Å². The summed E-state index contributed by atoms with van der Waals surface area (Å²) in [4.78, 5) is 10.8. The van der Waals surface area contributed by atoms with Crippen LogP contribution in [-0.2, 0) is 18.1 Å². The Balaban J connectivity index is 4.09. The van der Waals surface area contributed by atoms with E-state index in [-0.39, 0.29) is 18.6 Å². The predicted octanol–water partition coefficient (Wildman–Crippen LogP) is -0.479. The molecule has 0 aromatic rings. The van der Waals surface area contributed by atoms with Gasteiger partial charge in [0.05, 0.1) is 0 Å². The van der Waals surface area contributed by atoms with Crippen LogP contribution in [0.3, 0.4) is 0 Å². The molecule has 76 valence electrons. The van der Waals surface area contributed by atoms with E-state index in [0.717, 1.165) is 6.08 Å². The largest absolute Gasteiger partial charge is 0.527 e. The lowest BCUT2D eigenvalue weighted by molar-refractivity contribution is -0.117. The van der Waals surface area contributed by atoms with Gasteiger partial charge in [0.15, 0.2) is 5.78 Å². The molecule has 0 heterocycles. The smallest absolute Gasteiger partial charge is 0.392 e. The van der Waals surface area contributed by atoms with Crippen LogP contribution in [0.4, 0.5) is 0 Å². The van der Waals surface area contributed by atoms with Crippen molar-refractivity contribution < 1.29 is 23.2 Å². The summed E-state index contributed by atoms with van der Waals surface area (Å²) in [5.74, 6) is -0.278. The topological polar surface area (TPSA) is 65.0 Å². The maximum atomic E-state index is 10.8. The molecule has 0 aliphatic heterocycles. The lowest BCUT2D eigenvalue weighted by atomic mass is 10.4. The predicted molar refractivity (Wildman–Crippen MR) is 48.0 cm³/mol. The standard InChI is InChI=1S/C7H14O5Si/c1-4-7(9)5-12-13(6-8,10-2)11-3/h4,8H,1,5-6H2,2-3H3. The Kier molecular flexibility index (Phi) is 5.76. The first-order valence-corrected chi connectivity index (χ1v) is 5.57. The van der Waals surface area contributed by atoms with Crippen molar-refractivity contribution in [2.24, 2.45) is 0 Å².